The van der Waals surface area contributed by atoms with Gasteiger partial charge in [-0.15, -0.1) is 0 Å². The Balaban J connectivity index is 2.44. The Bertz CT molecular complexity index is 756. The van der Waals surface area contributed by atoms with Gasteiger partial charge in [0, 0.05) is 5.69 Å². The average molecular weight is 307 g/mol. The second-order valence-corrected chi connectivity index (χ2v) is 5.69. The van der Waals surface area contributed by atoms with Crippen LogP contribution >= 0.6 is 0 Å². The number of nitrogens with zero attached hydrogens (tertiary/aromatic N) is 1. The fourth-order valence-corrected chi connectivity index (χ4v) is 2.52. The minimum Gasteiger partial charge on any atom is -0.465 e. The summed E-state index contributed by atoms with van der Waals surface area (Å²) in [6, 6.07) is 10.6. The summed E-state index contributed by atoms with van der Waals surface area (Å²) in [6.45, 7) is 1.66. The molecule has 1 aromatic heterocycles. The van der Waals surface area contributed by atoms with Crippen molar-refractivity contribution in [2.24, 2.45) is 0 Å². The predicted octanol–water partition coefficient (Wildman–Crippen LogP) is 1.94. The van der Waals surface area contributed by atoms with Crippen LogP contribution in [-0.4, -0.2) is 26.5 Å². The summed E-state index contributed by atoms with van der Waals surface area (Å²) in [4.78, 5) is 15.6. The van der Waals surface area contributed by atoms with Gasteiger partial charge in [-0.1, -0.05) is 18.2 Å². The lowest BCUT2D eigenvalue weighted by Crippen LogP contribution is -2.14. The lowest BCUT2D eigenvalue weighted by molar-refractivity contribution is 0.0598. The summed E-state index contributed by atoms with van der Waals surface area (Å²) in [6.07, 6.45) is 0. The molecule has 7 heteroatoms. The lowest BCUT2D eigenvalue weighted by Gasteiger charge is -2.10. The fourth-order valence-electron chi connectivity index (χ4n) is 1.60. The third-order valence-electron chi connectivity index (χ3n) is 2.63. The van der Waals surface area contributed by atoms with E-state index in [1.165, 1.54) is 25.3 Å². The van der Waals surface area contributed by atoms with Crippen molar-refractivity contribution >= 4 is 16.1 Å². The van der Waals surface area contributed by atoms with Crippen molar-refractivity contribution in [3.63, 3.8) is 0 Å². The highest BCUT2D eigenvalue weighted by atomic mass is 32.2. The monoisotopic (exact) mass is 307 g/mol. The molecule has 6 nitrogen and oxygen atoms in total. The van der Waals surface area contributed by atoms with Crippen molar-refractivity contribution in [3.8, 4) is 5.88 Å². The summed E-state index contributed by atoms with van der Waals surface area (Å²) >= 11 is 0. The molecule has 0 unspecified atom stereocenters. The van der Waals surface area contributed by atoms with Crippen LogP contribution in [0.15, 0.2) is 47.4 Å². The molecule has 0 radical (unpaired) electrons. The van der Waals surface area contributed by atoms with Gasteiger partial charge < -0.3 is 8.92 Å². The minimum absolute atomic E-state index is 0.0240. The molecule has 2 rings (SSSR count). The maximum absolute atomic E-state index is 12.2. The molecule has 0 saturated carbocycles. The van der Waals surface area contributed by atoms with E-state index in [0.717, 1.165) is 0 Å². The lowest BCUT2D eigenvalue weighted by atomic mass is 10.2. The van der Waals surface area contributed by atoms with Gasteiger partial charge in [-0.25, -0.2) is 9.78 Å². The van der Waals surface area contributed by atoms with E-state index >= 15 is 0 Å². The Hall–Kier alpha value is -2.41. The van der Waals surface area contributed by atoms with E-state index in [2.05, 4.69) is 9.72 Å². The van der Waals surface area contributed by atoms with E-state index in [9.17, 15) is 13.2 Å². The number of aromatic nitrogens is 1. The number of aryl methyl sites for hydroxylation is 1. The molecule has 0 aliphatic carbocycles. The van der Waals surface area contributed by atoms with Crippen molar-refractivity contribution in [1.82, 2.24) is 4.98 Å². The normalized spacial score (nSPS) is 11.0. The highest BCUT2D eigenvalue weighted by Gasteiger charge is 2.22. The summed E-state index contributed by atoms with van der Waals surface area (Å²) in [7, 11) is -2.87. The summed E-state index contributed by atoms with van der Waals surface area (Å²) < 4.78 is 33.9. The van der Waals surface area contributed by atoms with Crippen LogP contribution in [0.1, 0.15) is 16.1 Å². The van der Waals surface area contributed by atoms with Gasteiger partial charge in [-0.3, -0.25) is 0 Å². The quantitative estimate of drug-likeness (QED) is 0.634. The van der Waals surface area contributed by atoms with Crippen LogP contribution < -0.4 is 4.18 Å². The second-order valence-electron chi connectivity index (χ2n) is 4.15. The summed E-state index contributed by atoms with van der Waals surface area (Å²) in [5, 5.41) is 0. The first-order valence-electron chi connectivity index (χ1n) is 5.99. The molecule has 0 fully saturated rings. The van der Waals surface area contributed by atoms with E-state index < -0.39 is 16.1 Å². The van der Waals surface area contributed by atoms with Crippen LogP contribution in [0.2, 0.25) is 0 Å². The summed E-state index contributed by atoms with van der Waals surface area (Å²) in [5.74, 6) is -1.02. The molecular weight excluding hydrogens is 294 g/mol. The second kappa shape index (κ2) is 5.92. The van der Waals surface area contributed by atoms with Crippen molar-refractivity contribution < 1.29 is 22.1 Å². The minimum atomic E-state index is -4.06. The molecule has 0 amide bonds. The maximum Gasteiger partial charge on any atom is 0.343 e. The van der Waals surface area contributed by atoms with Crippen molar-refractivity contribution in [2.75, 3.05) is 7.11 Å². The van der Waals surface area contributed by atoms with Gasteiger partial charge in [0.1, 0.15) is 10.5 Å². The average Bonchev–Trinajstić information content (AvgIpc) is 2.47. The van der Waals surface area contributed by atoms with E-state index in [1.54, 1.807) is 31.2 Å². The summed E-state index contributed by atoms with van der Waals surface area (Å²) in [5.41, 5.74) is 0.462. The van der Waals surface area contributed by atoms with E-state index in [-0.39, 0.29) is 16.3 Å². The number of ether oxygens (including phenoxy) is 1. The third-order valence-corrected chi connectivity index (χ3v) is 3.85. The number of carbonyl (C=O) groups is 1. The van der Waals surface area contributed by atoms with Crippen LogP contribution in [0.3, 0.4) is 0 Å². The first-order valence-corrected chi connectivity index (χ1v) is 7.40. The van der Waals surface area contributed by atoms with Gasteiger partial charge in [-0.05, 0) is 31.2 Å². The molecular formula is C14H13NO5S. The number of carbonyl (C=O) groups excluding carboxylic acids is 1. The Morgan fingerprint density at radius 1 is 1.10 bits per heavy atom. The first kappa shape index (κ1) is 15.0. The van der Waals surface area contributed by atoms with Crippen LogP contribution in [-0.2, 0) is 14.9 Å². The topological polar surface area (TPSA) is 82.6 Å². The predicted molar refractivity (Wildman–Crippen MR) is 74.6 cm³/mol. The van der Waals surface area contributed by atoms with Crippen LogP contribution in [0.25, 0.3) is 0 Å². The molecule has 1 heterocycles. The number of methoxy groups -OCH3 is 1. The Kier molecular flexibility index (Phi) is 4.23. The molecule has 0 atom stereocenters. The molecule has 2 aromatic rings. The third kappa shape index (κ3) is 3.38. The van der Waals surface area contributed by atoms with Gasteiger partial charge in [0.05, 0.1) is 7.11 Å². The van der Waals surface area contributed by atoms with Crippen molar-refractivity contribution in [2.45, 2.75) is 11.8 Å². The Labute approximate surface area is 122 Å². The zero-order chi connectivity index (χ0) is 15.5. The number of rotatable bonds is 4. The molecule has 110 valence electrons. The van der Waals surface area contributed by atoms with E-state index in [0.29, 0.717) is 5.69 Å². The first-order chi connectivity index (χ1) is 9.94. The number of hydrogen-bond acceptors (Lipinski definition) is 6. The zero-order valence-corrected chi connectivity index (χ0v) is 12.3. The molecule has 0 saturated heterocycles. The fraction of sp³-hybridized carbons (Fsp3) is 0.143. The standard InChI is InChI=1S/C14H13NO5S/c1-10-8-9-12(14(16)19-2)13(15-10)20-21(17,18)11-6-4-3-5-7-11/h3-9H,1-2H3. The molecule has 21 heavy (non-hydrogen) atoms. The number of esters is 1. The van der Waals surface area contributed by atoms with Crippen molar-refractivity contribution in [3.05, 3.63) is 53.7 Å². The molecule has 0 bridgehead atoms. The zero-order valence-electron chi connectivity index (χ0n) is 11.4. The molecule has 1 aromatic carbocycles. The molecule has 0 aliphatic rings. The molecule has 0 spiro atoms. The van der Waals surface area contributed by atoms with Crippen LogP contribution in [0, 0.1) is 6.92 Å². The van der Waals surface area contributed by atoms with Gasteiger partial charge in [0.15, 0.2) is 0 Å². The highest BCUT2D eigenvalue weighted by molar-refractivity contribution is 7.87. The van der Waals surface area contributed by atoms with E-state index in [1.807, 2.05) is 0 Å². The Morgan fingerprint density at radius 2 is 1.76 bits per heavy atom. The van der Waals surface area contributed by atoms with Crippen LogP contribution in [0.4, 0.5) is 0 Å². The maximum atomic E-state index is 12.2. The highest BCUT2D eigenvalue weighted by Crippen LogP contribution is 2.22. The Morgan fingerprint density at radius 3 is 2.38 bits per heavy atom. The van der Waals surface area contributed by atoms with Gasteiger partial charge >= 0.3 is 16.1 Å². The molecule has 0 N–H and O–H groups in total. The van der Waals surface area contributed by atoms with Crippen LogP contribution in [0.5, 0.6) is 5.88 Å². The SMILES string of the molecule is COC(=O)c1ccc(C)nc1OS(=O)(=O)c1ccccc1. The van der Waals surface area contributed by atoms with Gasteiger partial charge in [-0.2, -0.15) is 8.42 Å². The van der Waals surface area contributed by atoms with E-state index in [4.69, 9.17) is 4.18 Å². The largest absolute Gasteiger partial charge is 0.465 e. The number of pyridine rings is 1. The van der Waals surface area contributed by atoms with Gasteiger partial charge in [0.25, 0.3) is 0 Å². The molecule has 0 aliphatic heterocycles. The van der Waals surface area contributed by atoms with Crippen molar-refractivity contribution in [1.29, 1.82) is 0 Å². The van der Waals surface area contributed by atoms with Gasteiger partial charge in [0.2, 0.25) is 5.88 Å². The smallest absolute Gasteiger partial charge is 0.343 e. The number of benzene rings is 1. The number of hydrogen-bond donors (Lipinski definition) is 0.